The smallest absolute Gasteiger partial charge is 0.245 e. The van der Waals surface area contributed by atoms with E-state index in [2.05, 4.69) is 24.9 Å². The van der Waals surface area contributed by atoms with E-state index in [-0.39, 0.29) is 6.04 Å². The average Bonchev–Trinajstić information content (AvgIpc) is 2.97. The lowest BCUT2D eigenvalue weighted by molar-refractivity contribution is 0.0706. The molecule has 0 radical (unpaired) electrons. The second-order valence-electron chi connectivity index (χ2n) is 5.74. The maximum absolute atomic E-state index is 13.9. The maximum atomic E-state index is 13.9. The Kier molecular flexibility index (Phi) is 4.53. The number of hydrogen-bond donors (Lipinski definition) is 0. The minimum Gasteiger partial charge on any atom is -0.495 e. The highest BCUT2D eigenvalue weighted by Gasteiger charge is 2.30. The van der Waals surface area contributed by atoms with E-state index in [1.54, 1.807) is 20.1 Å². The lowest BCUT2D eigenvalue weighted by Crippen LogP contribution is -2.46. The van der Waals surface area contributed by atoms with Crippen LogP contribution in [0.3, 0.4) is 0 Å². The van der Waals surface area contributed by atoms with Gasteiger partial charge in [-0.3, -0.25) is 9.80 Å². The predicted molar refractivity (Wildman–Crippen MR) is 80.4 cm³/mol. The first-order valence-electron chi connectivity index (χ1n) is 7.48. The zero-order valence-corrected chi connectivity index (χ0v) is 13.5. The first kappa shape index (κ1) is 15.8. The normalized spacial score (nSPS) is 19.9. The molecule has 0 bridgehead atoms. The van der Waals surface area contributed by atoms with Crippen molar-refractivity contribution in [2.75, 3.05) is 33.8 Å². The summed E-state index contributed by atoms with van der Waals surface area (Å²) < 4.78 is 24.3. The van der Waals surface area contributed by atoms with Crippen LogP contribution in [0.2, 0.25) is 0 Å². The minimum absolute atomic E-state index is 0.00609. The van der Waals surface area contributed by atoms with Crippen LogP contribution in [0.4, 0.5) is 4.39 Å². The molecule has 7 nitrogen and oxygen atoms in total. The Morgan fingerprint density at radius 1 is 1.43 bits per heavy atom. The molecule has 0 aliphatic carbocycles. The molecule has 2 aromatic heterocycles. The Balaban J connectivity index is 1.74. The number of likely N-dealkylation sites (N-methyl/N-ethyl adjacent to an activating group) is 1. The van der Waals surface area contributed by atoms with Crippen molar-refractivity contribution in [1.29, 1.82) is 0 Å². The number of ether oxygens (including phenoxy) is 1. The third-order valence-electron chi connectivity index (χ3n) is 4.08. The van der Waals surface area contributed by atoms with Gasteiger partial charge in [-0.05, 0) is 20.0 Å². The van der Waals surface area contributed by atoms with Gasteiger partial charge in [0, 0.05) is 31.7 Å². The summed E-state index contributed by atoms with van der Waals surface area (Å²) in [6.45, 7) is 4.62. The van der Waals surface area contributed by atoms with E-state index in [4.69, 9.17) is 9.26 Å². The van der Waals surface area contributed by atoms with Crippen LogP contribution in [-0.4, -0.2) is 58.7 Å². The number of pyridine rings is 1. The summed E-state index contributed by atoms with van der Waals surface area (Å²) >= 11 is 0. The summed E-state index contributed by atoms with van der Waals surface area (Å²) in [5.74, 6) is 1.31. The van der Waals surface area contributed by atoms with Crippen LogP contribution in [0.5, 0.6) is 5.75 Å². The zero-order valence-electron chi connectivity index (χ0n) is 13.5. The summed E-state index contributed by atoms with van der Waals surface area (Å²) in [5, 5.41) is 3.85. The van der Waals surface area contributed by atoms with Gasteiger partial charge in [-0.1, -0.05) is 5.16 Å². The largest absolute Gasteiger partial charge is 0.495 e. The summed E-state index contributed by atoms with van der Waals surface area (Å²) in [6.07, 6.45) is 1.38. The molecule has 8 heteroatoms. The Morgan fingerprint density at radius 2 is 2.26 bits per heavy atom. The number of halogens is 1. The van der Waals surface area contributed by atoms with E-state index in [0.29, 0.717) is 36.1 Å². The molecule has 3 heterocycles. The van der Waals surface area contributed by atoms with Crippen LogP contribution >= 0.6 is 0 Å². The highest BCUT2D eigenvalue weighted by molar-refractivity contribution is 5.24. The topological polar surface area (TPSA) is 67.5 Å². The van der Waals surface area contributed by atoms with E-state index >= 15 is 0 Å². The van der Waals surface area contributed by atoms with Crippen LogP contribution < -0.4 is 4.74 Å². The minimum atomic E-state index is -0.463. The third-order valence-corrected chi connectivity index (χ3v) is 4.08. The van der Waals surface area contributed by atoms with Gasteiger partial charge in [0.1, 0.15) is 11.8 Å². The second-order valence-corrected chi connectivity index (χ2v) is 5.74. The van der Waals surface area contributed by atoms with Crippen molar-refractivity contribution in [3.05, 3.63) is 35.5 Å². The summed E-state index contributed by atoms with van der Waals surface area (Å²) in [6, 6.07) is 1.69. The molecule has 2 aromatic rings. The standard InChI is InChI=1S/C15H20FN5O2/c1-10-18-15(23-19-10)13-9-21(5-4-20(13)2)8-11-6-12(22-3)7-17-14(11)16/h6-7,13H,4-5,8-9H2,1-3H3. The Morgan fingerprint density at radius 3 is 2.96 bits per heavy atom. The van der Waals surface area contributed by atoms with Gasteiger partial charge in [0.05, 0.1) is 13.3 Å². The van der Waals surface area contributed by atoms with Gasteiger partial charge in [0.15, 0.2) is 5.82 Å². The van der Waals surface area contributed by atoms with E-state index in [1.165, 1.54) is 6.20 Å². The molecule has 1 aliphatic rings. The molecule has 124 valence electrons. The molecule has 0 amide bonds. The first-order chi connectivity index (χ1) is 11.1. The molecule has 1 aliphatic heterocycles. The highest BCUT2D eigenvalue weighted by Crippen LogP contribution is 2.24. The van der Waals surface area contributed by atoms with Gasteiger partial charge in [-0.15, -0.1) is 0 Å². The van der Waals surface area contributed by atoms with E-state index < -0.39 is 5.95 Å². The number of nitrogens with zero attached hydrogens (tertiary/aromatic N) is 5. The fraction of sp³-hybridized carbons (Fsp3) is 0.533. The summed E-state index contributed by atoms with van der Waals surface area (Å²) in [4.78, 5) is 12.4. The molecule has 0 N–H and O–H groups in total. The third kappa shape index (κ3) is 3.48. The molecule has 1 atom stereocenters. The van der Waals surface area contributed by atoms with Crippen molar-refractivity contribution >= 4 is 0 Å². The van der Waals surface area contributed by atoms with Crippen molar-refractivity contribution in [3.8, 4) is 5.75 Å². The molecule has 1 fully saturated rings. The number of aromatic nitrogens is 3. The van der Waals surface area contributed by atoms with Gasteiger partial charge in [-0.25, -0.2) is 4.98 Å². The molecule has 1 saturated heterocycles. The molecular weight excluding hydrogens is 301 g/mol. The molecule has 0 aromatic carbocycles. The number of methoxy groups -OCH3 is 1. The Bertz CT molecular complexity index is 678. The van der Waals surface area contributed by atoms with Gasteiger partial charge in [0.25, 0.3) is 0 Å². The van der Waals surface area contributed by atoms with Crippen molar-refractivity contribution in [3.63, 3.8) is 0 Å². The quantitative estimate of drug-likeness (QED) is 0.789. The van der Waals surface area contributed by atoms with Crippen molar-refractivity contribution in [1.82, 2.24) is 24.9 Å². The first-order valence-corrected chi connectivity index (χ1v) is 7.48. The molecular formula is C15H20FN5O2. The van der Waals surface area contributed by atoms with Gasteiger partial charge in [-0.2, -0.15) is 9.37 Å². The number of rotatable bonds is 4. The highest BCUT2D eigenvalue weighted by atomic mass is 19.1. The lowest BCUT2D eigenvalue weighted by Gasteiger charge is -2.37. The summed E-state index contributed by atoms with van der Waals surface area (Å²) in [5.41, 5.74) is 0.523. The van der Waals surface area contributed by atoms with Crippen molar-refractivity contribution in [2.45, 2.75) is 19.5 Å². The second kappa shape index (κ2) is 6.59. The van der Waals surface area contributed by atoms with Gasteiger partial charge < -0.3 is 9.26 Å². The van der Waals surface area contributed by atoms with Crippen LogP contribution in [0.1, 0.15) is 23.3 Å². The van der Waals surface area contributed by atoms with Crippen LogP contribution in [0.25, 0.3) is 0 Å². The Hall–Kier alpha value is -2.06. The van der Waals surface area contributed by atoms with E-state index in [1.807, 2.05) is 7.05 Å². The molecule has 3 rings (SSSR count). The van der Waals surface area contributed by atoms with Crippen molar-refractivity contribution in [2.24, 2.45) is 0 Å². The SMILES string of the molecule is COc1cnc(F)c(CN2CCN(C)C(c3nc(C)no3)C2)c1. The fourth-order valence-electron chi connectivity index (χ4n) is 2.72. The van der Waals surface area contributed by atoms with Crippen molar-refractivity contribution < 1.29 is 13.7 Å². The van der Waals surface area contributed by atoms with Gasteiger partial charge >= 0.3 is 0 Å². The van der Waals surface area contributed by atoms with Crippen LogP contribution in [0.15, 0.2) is 16.8 Å². The molecule has 23 heavy (non-hydrogen) atoms. The predicted octanol–water partition coefficient (Wildman–Crippen LogP) is 1.41. The number of aryl methyl sites for hydroxylation is 1. The maximum Gasteiger partial charge on any atom is 0.245 e. The molecule has 0 saturated carbocycles. The number of piperazine rings is 1. The average molecular weight is 321 g/mol. The monoisotopic (exact) mass is 321 g/mol. The molecule has 0 spiro atoms. The fourth-order valence-corrected chi connectivity index (χ4v) is 2.72. The number of hydrogen-bond acceptors (Lipinski definition) is 7. The van der Waals surface area contributed by atoms with Crippen LogP contribution in [-0.2, 0) is 6.54 Å². The molecule has 1 unspecified atom stereocenters. The lowest BCUT2D eigenvalue weighted by atomic mass is 10.1. The summed E-state index contributed by atoms with van der Waals surface area (Å²) in [7, 11) is 3.57. The van der Waals surface area contributed by atoms with E-state index in [0.717, 1.165) is 13.1 Å². The van der Waals surface area contributed by atoms with E-state index in [9.17, 15) is 4.39 Å². The van der Waals surface area contributed by atoms with Gasteiger partial charge in [0.2, 0.25) is 11.8 Å². The Labute approximate surface area is 134 Å². The van der Waals surface area contributed by atoms with Crippen LogP contribution in [0, 0.1) is 12.9 Å². The zero-order chi connectivity index (χ0) is 16.4.